The van der Waals surface area contributed by atoms with Gasteiger partial charge in [-0.1, -0.05) is 0 Å². The number of carbonyl (C=O) groups is 1. The van der Waals surface area contributed by atoms with Gasteiger partial charge in [0.05, 0.1) is 24.1 Å². The molecule has 0 aliphatic rings. The molecule has 8 nitrogen and oxygen atoms in total. The van der Waals surface area contributed by atoms with Crippen LogP contribution in [0.2, 0.25) is 0 Å². The lowest BCUT2D eigenvalue weighted by Gasteiger charge is -2.14. The second-order valence-electron chi connectivity index (χ2n) is 4.06. The van der Waals surface area contributed by atoms with Gasteiger partial charge < -0.3 is 15.2 Å². The van der Waals surface area contributed by atoms with Crippen molar-refractivity contribution in [3.8, 4) is 0 Å². The molecule has 2 aromatic heterocycles. The molecule has 0 aromatic carbocycles. The Labute approximate surface area is 109 Å². The van der Waals surface area contributed by atoms with Crippen molar-refractivity contribution in [3.05, 3.63) is 12.5 Å². The molecule has 0 fully saturated rings. The second kappa shape index (κ2) is 5.61. The molecule has 0 radical (unpaired) electrons. The molecular formula is C11H15N5O3. The Bertz CT molecular complexity index is 583. The van der Waals surface area contributed by atoms with Gasteiger partial charge in [-0.2, -0.15) is 5.10 Å². The molecule has 0 spiro atoms. The lowest BCUT2D eigenvalue weighted by molar-refractivity contribution is -0.139. The van der Waals surface area contributed by atoms with Crippen LogP contribution in [0.25, 0.3) is 11.0 Å². The fourth-order valence-corrected chi connectivity index (χ4v) is 1.75. The van der Waals surface area contributed by atoms with E-state index in [1.54, 1.807) is 17.9 Å². The van der Waals surface area contributed by atoms with Crippen molar-refractivity contribution in [1.29, 1.82) is 0 Å². The van der Waals surface area contributed by atoms with E-state index >= 15 is 0 Å². The number of carboxylic acid groups (broad SMARTS) is 1. The van der Waals surface area contributed by atoms with Crippen LogP contribution in [0, 0.1) is 0 Å². The van der Waals surface area contributed by atoms with Crippen LogP contribution in [0.5, 0.6) is 0 Å². The number of fused-ring (bicyclic) bond motifs is 1. The minimum absolute atomic E-state index is 0.0647. The number of hydrogen-bond acceptors (Lipinski definition) is 6. The van der Waals surface area contributed by atoms with Gasteiger partial charge >= 0.3 is 5.97 Å². The first kappa shape index (κ1) is 13.2. The molecule has 8 heteroatoms. The molecule has 0 aliphatic heterocycles. The van der Waals surface area contributed by atoms with Gasteiger partial charge in [0.15, 0.2) is 5.65 Å². The topological polar surface area (TPSA) is 102 Å². The van der Waals surface area contributed by atoms with E-state index in [2.05, 4.69) is 20.4 Å². The fourth-order valence-electron chi connectivity index (χ4n) is 1.75. The van der Waals surface area contributed by atoms with Gasteiger partial charge in [0.1, 0.15) is 12.1 Å². The maximum Gasteiger partial charge on any atom is 0.306 e. The number of aliphatic carboxylic acids is 1. The number of methoxy groups -OCH3 is 1. The van der Waals surface area contributed by atoms with E-state index in [0.717, 1.165) is 5.39 Å². The lowest BCUT2D eigenvalue weighted by Crippen LogP contribution is -2.25. The highest BCUT2D eigenvalue weighted by molar-refractivity contribution is 5.85. The fraction of sp³-hybridized carbons (Fsp3) is 0.455. The number of nitrogens with zero attached hydrogens (tertiary/aromatic N) is 4. The molecule has 0 bridgehead atoms. The number of hydrogen-bond donors (Lipinski definition) is 2. The SMILES string of the molecule is COC(CNc1ncnc2c1cnn2C)CC(=O)O. The Kier molecular flexibility index (Phi) is 3.91. The highest BCUT2D eigenvalue weighted by Crippen LogP contribution is 2.17. The average Bonchev–Trinajstić information content (AvgIpc) is 2.77. The second-order valence-corrected chi connectivity index (χ2v) is 4.06. The van der Waals surface area contributed by atoms with E-state index in [-0.39, 0.29) is 6.42 Å². The van der Waals surface area contributed by atoms with Crippen molar-refractivity contribution in [3.63, 3.8) is 0 Å². The molecule has 0 saturated heterocycles. The Hall–Kier alpha value is -2.22. The molecule has 0 amide bonds. The van der Waals surface area contributed by atoms with Crippen molar-refractivity contribution < 1.29 is 14.6 Å². The summed E-state index contributed by atoms with van der Waals surface area (Å²) in [5, 5.41) is 16.7. The number of anilines is 1. The van der Waals surface area contributed by atoms with Crippen molar-refractivity contribution in [1.82, 2.24) is 19.7 Å². The van der Waals surface area contributed by atoms with Gasteiger partial charge in [0, 0.05) is 20.7 Å². The Morgan fingerprint density at radius 3 is 3.05 bits per heavy atom. The van der Waals surface area contributed by atoms with Gasteiger partial charge in [-0.15, -0.1) is 0 Å². The van der Waals surface area contributed by atoms with E-state index in [1.807, 2.05) is 0 Å². The van der Waals surface area contributed by atoms with E-state index in [1.165, 1.54) is 13.4 Å². The summed E-state index contributed by atoms with van der Waals surface area (Å²) in [5.41, 5.74) is 0.713. The van der Waals surface area contributed by atoms with E-state index in [9.17, 15) is 4.79 Å². The standard InChI is InChI=1S/C11H15N5O3/c1-16-11-8(5-15-16)10(13-6-14-11)12-4-7(19-2)3-9(17)18/h5-7H,3-4H2,1-2H3,(H,17,18)(H,12,13,14). The zero-order valence-electron chi connectivity index (χ0n) is 10.7. The molecule has 2 aromatic rings. The highest BCUT2D eigenvalue weighted by atomic mass is 16.5. The quantitative estimate of drug-likeness (QED) is 0.772. The summed E-state index contributed by atoms with van der Waals surface area (Å²) in [6, 6.07) is 0. The highest BCUT2D eigenvalue weighted by Gasteiger charge is 2.14. The minimum Gasteiger partial charge on any atom is -0.481 e. The number of carboxylic acids is 1. The number of aryl methyl sites for hydroxylation is 1. The number of rotatable bonds is 6. The van der Waals surface area contributed by atoms with Crippen molar-refractivity contribution >= 4 is 22.8 Å². The molecular weight excluding hydrogens is 250 g/mol. The molecule has 2 rings (SSSR count). The molecule has 19 heavy (non-hydrogen) atoms. The summed E-state index contributed by atoms with van der Waals surface area (Å²) < 4.78 is 6.74. The summed E-state index contributed by atoms with van der Waals surface area (Å²) in [6.07, 6.45) is 2.62. The van der Waals surface area contributed by atoms with Crippen LogP contribution < -0.4 is 5.32 Å². The average molecular weight is 265 g/mol. The summed E-state index contributed by atoms with van der Waals surface area (Å²) >= 11 is 0. The number of aromatic nitrogens is 4. The van der Waals surface area contributed by atoms with Crippen LogP contribution >= 0.6 is 0 Å². The lowest BCUT2D eigenvalue weighted by atomic mass is 10.2. The van der Waals surface area contributed by atoms with Crippen LogP contribution in [0.4, 0.5) is 5.82 Å². The van der Waals surface area contributed by atoms with Crippen molar-refractivity contribution in [2.45, 2.75) is 12.5 Å². The molecule has 2 N–H and O–H groups in total. The maximum atomic E-state index is 10.6. The van der Waals surface area contributed by atoms with Gasteiger partial charge in [-0.05, 0) is 0 Å². The maximum absolute atomic E-state index is 10.6. The zero-order valence-corrected chi connectivity index (χ0v) is 10.7. The third kappa shape index (κ3) is 2.97. The predicted octanol–water partition coefficient (Wildman–Crippen LogP) is 0.265. The molecule has 0 saturated carbocycles. The number of ether oxygens (including phenoxy) is 1. The molecule has 1 unspecified atom stereocenters. The summed E-state index contributed by atoms with van der Waals surface area (Å²) in [6.45, 7) is 0.351. The summed E-state index contributed by atoms with van der Waals surface area (Å²) in [7, 11) is 3.27. The van der Waals surface area contributed by atoms with E-state index in [0.29, 0.717) is 18.0 Å². The van der Waals surface area contributed by atoms with Crippen LogP contribution in [-0.2, 0) is 16.6 Å². The van der Waals surface area contributed by atoms with E-state index in [4.69, 9.17) is 9.84 Å². The monoisotopic (exact) mass is 265 g/mol. The molecule has 102 valence electrons. The van der Waals surface area contributed by atoms with Crippen molar-refractivity contribution in [2.75, 3.05) is 19.0 Å². The van der Waals surface area contributed by atoms with Gasteiger partial charge in [-0.3, -0.25) is 9.48 Å². The van der Waals surface area contributed by atoms with Gasteiger partial charge in [0.2, 0.25) is 0 Å². The van der Waals surface area contributed by atoms with Crippen LogP contribution in [0.3, 0.4) is 0 Å². The first-order valence-corrected chi connectivity index (χ1v) is 5.73. The van der Waals surface area contributed by atoms with Crippen LogP contribution in [0.1, 0.15) is 6.42 Å². The smallest absolute Gasteiger partial charge is 0.306 e. The third-order valence-electron chi connectivity index (χ3n) is 2.76. The van der Waals surface area contributed by atoms with Gasteiger partial charge in [-0.25, -0.2) is 9.97 Å². The third-order valence-corrected chi connectivity index (χ3v) is 2.76. The molecule has 2 heterocycles. The Morgan fingerprint density at radius 1 is 1.58 bits per heavy atom. The zero-order chi connectivity index (χ0) is 13.8. The normalized spacial score (nSPS) is 12.5. The molecule has 0 aliphatic carbocycles. The van der Waals surface area contributed by atoms with Crippen molar-refractivity contribution in [2.24, 2.45) is 7.05 Å². The minimum atomic E-state index is -0.900. The summed E-state index contributed by atoms with van der Waals surface area (Å²) in [5.74, 6) is -0.284. The van der Waals surface area contributed by atoms with Gasteiger partial charge in [0.25, 0.3) is 0 Å². The number of nitrogens with one attached hydrogen (secondary N) is 1. The van der Waals surface area contributed by atoms with E-state index < -0.39 is 12.1 Å². The first-order chi connectivity index (χ1) is 9.11. The van der Waals surface area contributed by atoms with Crippen LogP contribution in [0.15, 0.2) is 12.5 Å². The molecule has 1 atom stereocenters. The summed E-state index contributed by atoms with van der Waals surface area (Å²) in [4.78, 5) is 18.9. The largest absolute Gasteiger partial charge is 0.481 e. The predicted molar refractivity (Wildman–Crippen MR) is 67.8 cm³/mol. The Morgan fingerprint density at radius 2 is 2.37 bits per heavy atom. The first-order valence-electron chi connectivity index (χ1n) is 5.73. The van der Waals surface area contributed by atoms with Crippen LogP contribution in [-0.4, -0.2) is 50.6 Å². The Balaban J connectivity index is 2.11.